The maximum absolute atomic E-state index is 10.5. The number of imidazole rings is 1. The quantitative estimate of drug-likeness (QED) is 0.723. The number of carbonyl (C=O) groups is 1. The van der Waals surface area contributed by atoms with Gasteiger partial charge in [-0.25, -0.2) is 19.7 Å². The first-order valence-electron chi connectivity index (χ1n) is 3.28. The van der Waals surface area contributed by atoms with Crippen LogP contribution in [-0.2, 0) is 0 Å². The van der Waals surface area contributed by atoms with Crippen molar-refractivity contribution in [3.8, 4) is 0 Å². The van der Waals surface area contributed by atoms with E-state index in [0.29, 0.717) is 15.8 Å². The predicted octanol–water partition coefficient (Wildman–Crippen LogP) is 0.814. The van der Waals surface area contributed by atoms with Gasteiger partial charge in [0.25, 0.3) is 0 Å². The number of aromatic amines is 1. The molecule has 2 N–H and O–H groups in total. The number of H-pyrrole nitrogens is 1. The Morgan fingerprint density at radius 3 is 3.00 bits per heavy atom. The Morgan fingerprint density at radius 2 is 2.31 bits per heavy atom. The summed E-state index contributed by atoms with van der Waals surface area (Å²) in [4.78, 5) is 24.6. The van der Waals surface area contributed by atoms with Crippen molar-refractivity contribution in [2.24, 2.45) is 0 Å². The third-order valence-electron chi connectivity index (χ3n) is 1.43. The number of hydrogen-bond donors (Lipinski definition) is 2. The first-order chi connectivity index (χ1) is 6.18. The molecule has 0 saturated heterocycles. The van der Waals surface area contributed by atoms with Crippen molar-refractivity contribution in [2.45, 2.75) is 0 Å². The van der Waals surface area contributed by atoms with Crippen LogP contribution in [-0.4, -0.2) is 31.0 Å². The zero-order valence-corrected chi connectivity index (χ0v) is 7.74. The van der Waals surface area contributed by atoms with Gasteiger partial charge >= 0.3 is 5.97 Å². The molecule has 0 aliphatic carbocycles. The van der Waals surface area contributed by atoms with Crippen LogP contribution < -0.4 is 0 Å². The molecule has 2 aromatic heterocycles. The Bertz CT molecular complexity index is 480. The molecular formula is C6H3BrN4O2. The molecule has 13 heavy (non-hydrogen) atoms. The van der Waals surface area contributed by atoms with Gasteiger partial charge in [0.1, 0.15) is 10.1 Å². The van der Waals surface area contributed by atoms with Crippen LogP contribution in [0.4, 0.5) is 0 Å². The summed E-state index contributed by atoms with van der Waals surface area (Å²) in [5.41, 5.74) is 0.921. The topological polar surface area (TPSA) is 91.8 Å². The Kier molecular flexibility index (Phi) is 1.73. The van der Waals surface area contributed by atoms with E-state index in [1.165, 1.54) is 6.33 Å². The molecule has 2 heterocycles. The summed E-state index contributed by atoms with van der Waals surface area (Å²) in [6.07, 6.45) is 1.43. The van der Waals surface area contributed by atoms with Crippen molar-refractivity contribution in [3.05, 3.63) is 16.8 Å². The molecule has 0 aliphatic rings. The van der Waals surface area contributed by atoms with Gasteiger partial charge in [0.15, 0.2) is 5.65 Å². The molecule has 0 amide bonds. The van der Waals surface area contributed by atoms with Crippen molar-refractivity contribution in [3.63, 3.8) is 0 Å². The zero-order valence-electron chi connectivity index (χ0n) is 6.15. The fourth-order valence-electron chi connectivity index (χ4n) is 0.893. The maximum atomic E-state index is 10.5. The van der Waals surface area contributed by atoms with Crippen LogP contribution in [0.15, 0.2) is 10.9 Å². The molecule has 0 saturated carbocycles. The molecule has 0 fully saturated rings. The van der Waals surface area contributed by atoms with Crippen molar-refractivity contribution >= 4 is 33.1 Å². The van der Waals surface area contributed by atoms with Crippen molar-refractivity contribution in [1.82, 2.24) is 19.9 Å². The normalized spacial score (nSPS) is 10.5. The average molecular weight is 243 g/mol. The van der Waals surface area contributed by atoms with Gasteiger partial charge in [0.2, 0.25) is 5.82 Å². The van der Waals surface area contributed by atoms with E-state index >= 15 is 0 Å². The largest absolute Gasteiger partial charge is 0.475 e. The first-order valence-corrected chi connectivity index (χ1v) is 4.07. The zero-order chi connectivity index (χ0) is 9.42. The van der Waals surface area contributed by atoms with Crippen LogP contribution in [0, 0.1) is 0 Å². The summed E-state index contributed by atoms with van der Waals surface area (Å²) in [6.45, 7) is 0. The minimum Gasteiger partial charge on any atom is -0.475 e. The summed E-state index contributed by atoms with van der Waals surface area (Å²) >= 11 is 3.11. The summed E-state index contributed by atoms with van der Waals surface area (Å²) in [5.74, 6) is -1.45. The van der Waals surface area contributed by atoms with E-state index in [2.05, 4.69) is 35.9 Å². The number of carboxylic acids is 1. The van der Waals surface area contributed by atoms with Gasteiger partial charge in [-0.1, -0.05) is 0 Å². The number of halogens is 1. The number of hydrogen-bond acceptors (Lipinski definition) is 4. The van der Waals surface area contributed by atoms with Crippen LogP contribution >= 0.6 is 15.9 Å². The van der Waals surface area contributed by atoms with Gasteiger partial charge in [-0.15, -0.1) is 0 Å². The molecule has 0 unspecified atom stereocenters. The van der Waals surface area contributed by atoms with Crippen LogP contribution in [0.5, 0.6) is 0 Å². The molecule has 7 heteroatoms. The number of aromatic carboxylic acids is 1. The molecule has 0 bridgehead atoms. The average Bonchev–Trinajstić information content (AvgIpc) is 2.51. The second-order valence-electron chi connectivity index (χ2n) is 2.24. The highest BCUT2D eigenvalue weighted by molar-refractivity contribution is 9.10. The second kappa shape index (κ2) is 2.77. The van der Waals surface area contributed by atoms with Crippen LogP contribution in [0.1, 0.15) is 10.6 Å². The number of rotatable bonds is 1. The Balaban J connectivity index is 2.77. The Morgan fingerprint density at radius 1 is 1.54 bits per heavy atom. The summed E-state index contributed by atoms with van der Waals surface area (Å²) < 4.78 is 0.396. The highest BCUT2D eigenvalue weighted by atomic mass is 79.9. The lowest BCUT2D eigenvalue weighted by Gasteiger charge is -1.94. The number of carboxylic acid groups (broad SMARTS) is 1. The van der Waals surface area contributed by atoms with E-state index in [4.69, 9.17) is 5.11 Å². The molecule has 0 aromatic carbocycles. The van der Waals surface area contributed by atoms with Gasteiger partial charge < -0.3 is 10.1 Å². The lowest BCUT2D eigenvalue weighted by Crippen LogP contribution is -2.04. The predicted molar refractivity (Wildman–Crippen MR) is 46.3 cm³/mol. The van der Waals surface area contributed by atoms with Gasteiger partial charge in [-0.2, -0.15) is 0 Å². The van der Waals surface area contributed by atoms with Gasteiger partial charge in [0, 0.05) is 0 Å². The lowest BCUT2D eigenvalue weighted by molar-refractivity contribution is 0.0683. The van der Waals surface area contributed by atoms with E-state index in [0.717, 1.165) is 0 Å². The number of nitrogens with zero attached hydrogens (tertiary/aromatic N) is 3. The second-order valence-corrected chi connectivity index (χ2v) is 3.00. The van der Waals surface area contributed by atoms with Crippen LogP contribution in [0.25, 0.3) is 11.2 Å². The molecule has 0 radical (unpaired) electrons. The molecule has 0 spiro atoms. The van der Waals surface area contributed by atoms with Crippen molar-refractivity contribution in [2.75, 3.05) is 0 Å². The van der Waals surface area contributed by atoms with Crippen molar-refractivity contribution in [1.29, 1.82) is 0 Å². The fourth-order valence-corrected chi connectivity index (χ4v) is 1.35. The lowest BCUT2D eigenvalue weighted by atomic mass is 10.5. The summed E-state index contributed by atoms with van der Waals surface area (Å²) in [7, 11) is 0. The summed E-state index contributed by atoms with van der Waals surface area (Å²) in [5, 5.41) is 8.62. The highest BCUT2D eigenvalue weighted by Crippen LogP contribution is 2.16. The minimum atomic E-state index is -1.18. The molecule has 0 atom stereocenters. The minimum absolute atomic E-state index is 0.272. The maximum Gasteiger partial charge on any atom is 0.374 e. The molecule has 2 aromatic rings. The summed E-state index contributed by atoms with van der Waals surface area (Å²) in [6, 6.07) is 0. The Labute approximate surface area is 80.2 Å². The Hall–Kier alpha value is -1.50. The van der Waals surface area contributed by atoms with Crippen LogP contribution in [0.2, 0.25) is 0 Å². The SMILES string of the molecule is O=C(O)c1nc(Br)c2[nH]cnc2n1. The molecule has 6 nitrogen and oxygen atoms in total. The van der Waals surface area contributed by atoms with Crippen LogP contribution in [0.3, 0.4) is 0 Å². The fraction of sp³-hybridized carbons (Fsp3) is 0. The number of aromatic nitrogens is 4. The molecule has 2 rings (SSSR count). The van der Waals surface area contributed by atoms with E-state index in [9.17, 15) is 4.79 Å². The first kappa shape index (κ1) is 8.11. The molecule has 66 valence electrons. The number of nitrogens with one attached hydrogen (secondary N) is 1. The van der Waals surface area contributed by atoms with Gasteiger partial charge in [-0.3, -0.25) is 0 Å². The standard InChI is InChI=1S/C6H3BrN4O2/c7-3-2-4(9-1-8-2)11-5(10-3)6(12)13/h1H,(H,12,13)(H,8,9,10,11). The van der Waals surface area contributed by atoms with E-state index in [1.54, 1.807) is 0 Å². The van der Waals surface area contributed by atoms with Gasteiger partial charge in [0.05, 0.1) is 6.33 Å². The smallest absolute Gasteiger partial charge is 0.374 e. The van der Waals surface area contributed by atoms with E-state index in [-0.39, 0.29) is 5.82 Å². The third kappa shape index (κ3) is 1.26. The highest BCUT2D eigenvalue weighted by Gasteiger charge is 2.12. The molecular weight excluding hydrogens is 240 g/mol. The number of fused-ring (bicyclic) bond motifs is 1. The third-order valence-corrected chi connectivity index (χ3v) is 2.01. The van der Waals surface area contributed by atoms with E-state index in [1.807, 2.05) is 0 Å². The van der Waals surface area contributed by atoms with E-state index < -0.39 is 5.97 Å². The van der Waals surface area contributed by atoms with Crippen molar-refractivity contribution < 1.29 is 9.90 Å². The van der Waals surface area contributed by atoms with Gasteiger partial charge in [-0.05, 0) is 15.9 Å². The molecule has 0 aliphatic heterocycles. The monoisotopic (exact) mass is 242 g/mol.